The van der Waals surface area contributed by atoms with Crippen LogP contribution < -0.4 is 5.32 Å². The summed E-state index contributed by atoms with van der Waals surface area (Å²) in [6, 6.07) is 19.9. The number of carbonyl (C=O) groups excluding carboxylic acids is 1. The molecule has 0 saturated heterocycles. The van der Waals surface area contributed by atoms with Crippen molar-refractivity contribution in [3.63, 3.8) is 0 Å². The Morgan fingerprint density at radius 3 is 2.46 bits per heavy atom. The molecule has 0 spiro atoms. The number of rotatable bonds is 6. The third-order valence-electron chi connectivity index (χ3n) is 4.34. The lowest BCUT2D eigenvalue weighted by atomic mass is 10.1. The molecule has 0 bridgehead atoms. The van der Waals surface area contributed by atoms with Crippen LogP contribution in [0, 0.1) is 6.92 Å². The molecule has 1 amide bonds. The molecule has 1 N–H and O–H groups in total. The van der Waals surface area contributed by atoms with Crippen molar-refractivity contribution in [3.8, 4) is 11.3 Å². The van der Waals surface area contributed by atoms with E-state index < -0.39 is 0 Å². The van der Waals surface area contributed by atoms with E-state index in [1.54, 1.807) is 11.3 Å². The predicted octanol–water partition coefficient (Wildman–Crippen LogP) is 4.29. The van der Waals surface area contributed by atoms with Gasteiger partial charge in [0.2, 0.25) is 0 Å². The Balaban J connectivity index is 1.61. The minimum absolute atomic E-state index is 0.149. The molecule has 6 heteroatoms. The Morgan fingerprint density at radius 2 is 1.79 bits per heavy atom. The number of hydrogen-bond donors (Lipinski definition) is 1. The zero-order valence-corrected chi connectivity index (χ0v) is 16.3. The van der Waals surface area contributed by atoms with Gasteiger partial charge in [-0.2, -0.15) is 5.10 Å². The van der Waals surface area contributed by atoms with Gasteiger partial charge in [0.05, 0.1) is 29.4 Å². The summed E-state index contributed by atoms with van der Waals surface area (Å²) in [5, 5.41) is 10.6. The SMILES string of the molecule is Cc1nc(CNC(=O)c2cn(Cc3ccccc3)nc2-c2ccccc2)cs1. The van der Waals surface area contributed by atoms with Gasteiger partial charge in [0.1, 0.15) is 5.69 Å². The molecule has 0 aliphatic heterocycles. The minimum atomic E-state index is -0.149. The van der Waals surface area contributed by atoms with E-state index in [1.807, 2.05) is 83.8 Å². The largest absolute Gasteiger partial charge is 0.346 e. The number of nitrogens with zero attached hydrogens (tertiary/aromatic N) is 3. The van der Waals surface area contributed by atoms with Crippen LogP contribution >= 0.6 is 11.3 Å². The van der Waals surface area contributed by atoms with Crippen LogP contribution in [0.15, 0.2) is 72.2 Å². The third kappa shape index (κ3) is 4.18. The lowest BCUT2D eigenvalue weighted by Crippen LogP contribution is -2.23. The first-order chi connectivity index (χ1) is 13.7. The molecule has 140 valence electrons. The summed E-state index contributed by atoms with van der Waals surface area (Å²) in [6.07, 6.45) is 1.82. The summed E-state index contributed by atoms with van der Waals surface area (Å²) in [5.41, 5.74) is 4.17. The standard InChI is InChI=1S/C22H20N4OS/c1-16-24-19(15-28-16)12-23-22(27)20-14-26(13-17-8-4-2-5-9-17)25-21(20)18-10-6-3-7-11-18/h2-11,14-15H,12-13H2,1H3,(H,23,27). The van der Waals surface area contributed by atoms with E-state index in [4.69, 9.17) is 5.10 Å². The van der Waals surface area contributed by atoms with Gasteiger partial charge in [-0.3, -0.25) is 9.48 Å². The summed E-state index contributed by atoms with van der Waals surface area (Å²) in [7, 11) is 0. The van der Waals surface area contributed by atoms with Crippen LogP contribution in [0.4, 0.5) is 0 Å². The summed E-state index contributed by atoms with van der Waals surface area (Å²) < 4.78 is 1.82. The fourth-order valence-electron chi connectivity index (χ4n) is 3.00. The molecule has 2 aromatic heterocycles. The van der Waals surface area contributed by atoms with Gasteiger partial charge in [-0.25, -0.2) is 4.98 Å². The van der Waals surface area contributed by atoms with Crippen LogP contribution in [0.3, 0.4) is 0 Å². The molecule has 0 aliphatic rings. The number of hydrogen-bond acceptors (Lipinski definition) is 4. The van der Waals surface area contributed by atoms with Crippen LogP contribution in [0.1, 0.15) is 26.6 Å². The van der Waals surface area contributed by atoms with Crippen LogP contribution in [-0.4, -0.2) is 20.7 Å². The number of aryl methyl sites for hydroxylation is 1. The van der Waals surface area contributed by atoms with E-state index in [-0.39, 0.29) is 5.91 Å². The number of thiazole rings is 1. The number of benzene rings is 2. The normalized spacial score (nSPS) is 10.8. The summed E-state index contributed by atoms with van der Waals surface area (Å²) in [6.45, 7) is 2.97. The Labute approximate surface area is 167 Å². The van der Waals surface area contributed by atoms with Crippen molar-refractivity contribution in [2.24, 2.45) is 0 Å². The molecule has 5 nitrogen and oxygen atoms in total. The highest BCUT2D eigenvalue weighted by atomic mass is 32.1. The maximum atomic E-state index is 12.9. The molecule has 0 atom stereocenters. The molecule has 2 heterocycles. The van der Waals surface area contributed by atoms with Crippen LogP contribution in [-0.2, 0) is 13.1 Å². The molecule has 4 aromatic rings. The third-order valence-corrected chi connectivity index (χ3v) is 5.16. The Morgan fingerprint density at radius 1 is 1.07 bits per heavy atom. The zero-order valence-electron chi connectivity index (χ0n) is 15.5. The maximum absolute atomic E-state index is 12.9. The van der Waals surface area contributed by atoms with Gasteiger partial charge in [0.15, 0.2) is 0 Å². The second kappa shape index (κ2) is 8.19. The second-order valence-corrected chi connectivity index (χ2v) is 7.54. The highest BCUT2D eigenvalue weighted by Gasteiger charge is 2.18. The van der Waals surface area contributed by atoms with Crippen molar-refractivity contribution in [1.82, 2.24) is 20.1 Å². The Hall–Kier alpha value is -3.25. The van der Waals surface area contributed by atoms with Crippen molar-refractivity contribution in [3.05, 3.63) is 94.1 Å². The molecular formula is C22H20N4OS. The monoisotopic (exact) mass is 388 g/mol. The average molecular weight is 388 g/mol. The van der Waals surface area contributed by atoms with Gasteiger partial charge in [-0.15, -0.1) is 11.3 Å². The first kappa shape index (κ1) is 18.1. The highest BCUT2D eigenvalue weighted by molar-refractivity contribution is 7.09. The van der Waals surface area contributed by atoms with Gasteiger partial charge in [-0.05, 0) is 12.5 Å². The number of aromatic nitrogens is 3. The van der Waals surface area contributed by atoms with E-state index in [0.29, 0.717) is 24.3 Å². The molecule has 0 fully saturated rings. The molecule has 4 rings (SSSR count). The predicted molar refractivity (Wildman–Crippen MR) is 111 cm³/mol. The van der Waals surface area contributed by atoms with E-state index >= 15 is 0 Å². The molecule has 0 aliphatic carbocycles. The first-order valence-corrected chi connectivity index (χ1v) is 9.93. The summed E-state index contributed by atoms with van der Waals surface area (Å²) in [4.78, 5) is 17.3. The lowest BCUT2D eigenvalue weighted by Gasteiger charge is -2.04. The number of nitrogens with one attached hydrogen (secondary N) is 1. The van der Waals surface area contributed by atoms with Crippen molar-refractivity contribution in [1.29, 1.82) is 0 Å². The molecule has 0 saturated carbocycles. The van der Waals surface area contributed by atoms with Gasteiger partial charge >= 0.3 is 0 Å². The van der Waals surface area contributed by atoms with Gasteiger partial charge < -0.3 is 5.32 Å². The average Bonchev–Trinajstić information content (AvgIpc) is 3.34. The molecule has 28 heavy (non-hydrogen) atoms. The Kier molecular flexibility index (Phi) is 5.30. The fraction of sp³-hybridized carbons (Fsp3) is 0.136. The highest BCUT2D eigenvalue weighted by Crippen LogP contribution is 2.22. The van der Waals surface area contributed by atoms with E-state index in [0.717, 1.165) is 21.8 Å². The number of carbonyl (C=O) groups is 1. The van der Waals surface area contributed by atoms with Crippen molar-refractivity contribution in [2.75, 3.05) is 0 Å². The van der Waals surface area contributed by atoms with E-state index in [9.17, 15) is 4.79 Å². The van der Waals surface area contributed by atoms with Crippen molar-refractivity contribution >= 4 is 17.2 Å². The van der Waals surface area contributed by atoms with Gasteiger partial charge in [-0.1, -0.05) is 60.7 Å². The van der Waals surface area contributed by atoms with E-state index in [1.165, 1.54) is 0 Å². The zero-order chi connectivity index (χ0) is 19.3. The van der Waals surface area contributed by atoms with Crippen LogP contribution in [0.2, 0.25) is 0 Å². The summed E-state index contributed by atoms with van der Waals surface area (Å²) >= 11 is 1.58. The topological polar surface area (TPSA) is 59.8 Å². The fourth-order valence-corrected chi connectivity index (χ4v) is 3.62. The summed E-state index contributed by atoms with van der Waals surface area (Å²) in [5.74, 6) is -0.149. The van der Waals surface area contributed by atoms with Gasteiger partial charge in [0.25, 0.3) is 5.91 Å². The first-order valence-electron chi connectivity index (χ1n) is 9.05. The molecule has 0 radical (unpaired) electrons. The van der Waals surface area contributed by atoms with Gasteiger partial charge in [0, 0.05) is 17.1 Å². The van der Waals surface area contributed by atoms with E-state index in [2.05, 4.69) is 10.3 Å². The maximum Gasteiger partial charge on any atom is 0.255 e. The number of amides is 1. The van der Waals surface area contributed by atoms with Crippen LogP contribution in [0.25, 0.3) is 11.3 Å². The van der Waals surface area contributed by atoms with Crippen LogP contribution in [0.5, 0.6) is 0 Å². The smallest absolute Gasteiger partial charge is 0.255 e. The lowest BCUT2D eigenvalue weighted by molar-refractivity contribution is 0.0951. The molecule has 0 unspecified atom stereocenters. The quantitative estimate of drug-likeness (QED) is 0.536. The molecule has 2 aromatic carbocycles. The molecular weight excluding hydrogens is 368 g/mol. The van der Waals surface area contributed by atoms with Crippen molar-refractivity contribution in [2.45, 2.75) is 20.0 Å². The Bertz CT molecular complexity index is 1070. The minimum Gasteiger partial charge on any atom is -0.346 e. The van der Waals surface area contributed by atoms with Crippen molar-refractivity contribution < 1.29 is 4.79 Å². The second-order valence-electron chi connectivity index (χ2n) is 6.48.